The molecule has 0 aliphatic heterocycles. The zero-order valence-electron chi connectivity index (χ0n) is 11.4. The van der Waals surface area contributed by atoms with E-state index in [1.54, 1.807) is 0 Å². The molecular weight excluding hydrogens is 319 g/mol. The minimum atomic E-state index is -4.53. The van der Waals surface area contributed by atoms with Gasteiger partial charge in [0, 0.05) is 19.2 Å². The van der Waals surface area contributed by atoms with Crippen LogP contribution in [0, 0.1) is 10.1 Å². The van der Waals surface area contributed by atoms with Crippen molar-refractivity contribution in [1.82, 2.24) is 14.8 Å². The Morgan fingerprint density at radius 3 is 2.78 bits per heavy atom. The maximum absolute atomic E-state index is 12.5. The summed E-state index contributed by atoms with van der Waals surface area (Å²) in [4.78, 5) is 25.2. The van der Waals surface area contributed by atoms with Crippen molar-refractivity contribution in [1.29, 1.82) is 0 Å². The van der Waals surface area contributed by atoms with Gasteiger partial charge in [0.15, 0.2) is 0 Å². The summed E-state index contributed by atoms with van der Waals surface area (Å²) in [6.45, 7) is 0.0403. The van der Waals surface area contributed by atoms with Crippen LogP contribution in [0.4, 0.5) is 24.7 Å². The molecule has 0 unspecified atom stereocenters. The van der Waals surface area contributed by atoms with Crippen LogP contribution in [0.15, 0.2) is 30.7 Å². The third kappa shape index (κ3) is 4.49. The molecule has 122 valence electrons. The number of nitro groups is 1. The first kappa shape index (κ1) is 16.4. The Labute approximate surface area is 127 Å². The number of aryl methyl sites for hydroxylation is 1. The number of alkyl halides is 3. The monoisotopic (exact) mass is 329 g/mol. The standard InChI is InChI=1S/C12H10F3N5O3/c13-12(14,15)8-1-3-16-10(5-8)18-11(21)2-4-19-7-9(6-17-19)20(22)23/h1,3,5-7H,2,4H2,(H,16,18,21). The number of carbonyl (C=O) groups excluding carboxylic acids is 1. The third-order valence-electron chi connectivity index (χ3n) is 2.75. The summed E-state index contributed by atoms with van der Waals surface area (Å²) in [6, 6.07) is 1.51. The Morgan fingerprint density at radius 2 is 2.17 bits per heavy atom. The van der Waals surface area contributed by atoms with E-state index in [9.17, 15) is 28.1 Å². The van der Waals surface area contributed by atoms with Gasteiger partial charge in [0.05, 0.1) is 10.5 Å². The van der Waals surface area contributed by atoms with Crippen molar-refractivity contribution in [2.45, 2.75) is 19.1 Å². The number of amides is 1. The smallest absolute Gasteiger partial charge is 0.311 e. The van der Waals surface area contributed by atoms with Gasteiger partial charge in [0.2, 0.25) is 5.91 Å². The fraction of sp³-hybridized carbons (Fsp3) is 0.250. The van der Waals surface area contributed by atoms with E-state index in [-0.39, 0.29) is 24.5 Å². The van der Waals surface area contributed by atoms with E-state index in [1.807, 2.05) is 0 Å². The van der Waals surface area contributed by atoms with Crippen molar-refractivity contribution in [3.8, 4) is 0 Å². The van der Waals surface area contributed by atoms with Crippen molar-refractivity contribution in [3.63, 3.8) is 0 Å². The minimum Gasteiger partial charge on any atom is -0.311 e. The van der Waals surface area contributed by atoms with E-state index >= 15 is 0 Å². The molecule has 8 nitrogen and oxygen atoms in total. The van der Waals surface area contributed by atoms with Crippen molar-refractivity contribution in [2.75, 3.05) is 5.32 Å². The zero-order chi connectivity index (χ0) is 17.0. The topological polar surface area (TPSA) is 103 Å². The highest BCUT2D eigenvalue weighted by molar-refractivity contribution is 5.89. The third-order valence-corrected chi connectivity index (χ3v) is 2.75. The van der Waals surface area contributed by atoms with Crippen LogP contribution in [0.5, 0.6) is 0 Å². The quantitative estimate of drug-likeness (QED) is 0.669. The van der Waals surface area contributed by atoms with Crippen molar-refractivity contribution in [2.24, 2.45) is 0 Å². The molecule has 0 aliphatic rings. The molecule has 0 radical (unpaired) electrons. The lowest BCUT2D eigenvalue weighted by Crippen LogP contribution is -2.16. The van der Waals surface area contributed by atoms with E-state index in [0.717, 1.165) is 30.7 Å². The summed E-state index contributed by atoms with van der Waals surface area (Å²) in [7, 11) is 0. The molecule has 0 aliphatic carbocycles. The summed E-state index contributed by atoms with van der Waals surface area (Å²) in [5.41, 5.74) is -1.14. The normalized spacial score (nSPS) is 11.3. The molecule has 0 aromatic carbocycles. The van der Waals surface area contributed by atoms with E-state index in [0.29, 0.717) is 0 Å². The number of hydrogen-bond donors (Lipinski definition) is 1. The molecule has 2 aromatic rings. The van der Waals surface area contributed by atoms with Gasteiger partial charge in [-0.1, -0.05) is 0 Å². The second-order valence-electron chi connectivity index (χ2n) is 4.44. The highest BCUT2D eigenvalue weighted by atomic mass is 19.4. The maximum atomic E-state index is 12.5. The van der Waals surface area contributed by atoms with Gasteiger partial charge in [-0.25, -0.2) is 4.98 Å². The van der Waals surface area contributed by atoms with Crippen molar-refractivity contribution < 1.29 is 22.9 Å². The van der Waals surface area contributed by atoms with Crippen LogP contribution >= 0.6 is 0 Å². The van der Waals surface area contributed by atoms with Gasteiger partial charge in [0.25, 0.3) is 0 Å². The molecule has 1 N–H and O–H groups in total. The first-order chi connectivity index (χ1) is 10.8. The predicted molar refractivity (Wildman–Crippen MR) is 71.4 cm³/mol. The molecule has 0 atom stereocenters. The summed E-state index contributed by atoms with van der Waals surface area (Å²) >= 11 is 0. The fourth-order valence-electron chi connectivity index (χ4n) is 1.67. The highest BCUT2D eigenvalue weighted by Crippen LogP contribution is 2.29. The molecule has 0 fully saturated rings. The van der Waals surface area contributed by atoms with E-state index in [4.69, 9.17) is 0 Å². The van der Waals surface area contributed by atoms with Crippen LogP contribution in [0.25, 0.3) is 0 Å². The lowest BCUT2D eigenvalue weighted by Gasteiger charge is -2.09. The predicted octanol–water partition coefficient (Wildman–Crippen LogP) is 2.23. The molecule has 23 heavy (non-hydrogen) atoms. The summed E-state index contributed by atoms with van der Waals surface area (Å²) in [6.07, 6.45) is -1.54. The fourth-order valence-corrected chi connectivity index (χ4v) is 1.67. The number of carbonyl (C=O) groups is 1. The van der Waals surface area contributed by atoms with E-state index in [2.05, 4.69) is 15.4 Å². The van der Waals surface area contributed by atoms with E-state index in [1.165, 1.54) is 4.68 Å². The molecule has 0 saturated carbocycles. The van der Waals surface area contributed by atoms with Gasteiger partial charge in [-0.15, -0.1) is 0 Å². The first-order valence-electron chi connectivity index (χ1n) is 6.25. The lowest BCUT2D eigenvalue weighted by molar-refractivity contribution is -0.385. The largest absolute Gasteiger partial charge is 0.416 e. The molecular formula is C12H10F3N5O3. The molecule has 2 rings (SSSR count). The number of anilines is 1. The second-order valence-corrected chi connectivity index (χ2v) is 4.44. The van der Waals surface area contributed by atoms with Crippen LogP contribution in [-0.4, -0.2) is 25.6 Å². The number of nitrogens with zero attached hydrogens (tertiary/aromatic N) is 4. The highest BCUT2D eigenvalue weighted by Gasteiger charge is 2.30. The van der Waals surface area contributed by atoms with E-state index < -0.39 is 22.6 Å². The van der Waals surface area contributed by atoms with Crippen LogP contribution in [0.3, 0.4) is 0 Å². The average molecular weight is 329 g/mol. The minimum absolute atomic E-state index is 0.0403. The molecule has 2 heterocycles. The molecule has 0 saturated heterocycles. The van der Waals surface area contributed by atoms with Gasteiger partial charge in [-0.2, -0.15) is 18.3 Å². The van der Waals surface area contributed by atoms with Gasteiger partial charge in [0.1, 0.15) is 18.2 Å². The van der Waals surface area contributed by atoms with Crippen LogP contribution in [-0.2, 0) is 17.5 Å². The van der Waals surface area contributed by atoms with Crippen LogP contribution < -0.4 is 5.32 Å². The van der Waals surface area contributed by atoms with Gasteiger partial charge < -0.3 is 5.32 Å². The molecule has 11 heteroatoms. The van der Waals surface area contributed by atoms with Gasteiger partial charge in [-0.3, -0.25) is 19.6 Å². The Hall–Kier alpha value is -2.98. The number of halogens is 3. The molecule has 0 bridgehead atoms. The SMILES string of the molecule is O=C(CCn1cc([N+](=O)[O-])cn1)Nc1cc(C(F)(F)F)ccn1. The Morgan fingerprint density at radius 1 is 1.43 bits per heavy atom. The summed E-state index contributed by atoms with van der Waals surface area (Å²) < 4.78 is 38.8. The van der Waals surface area contributed by atoms with Crippen LogP contribution in [0.1, 0.15) is 12.0 Å². The number of nitrogens with one attached hydrogen (secondary N) is 1. The van der Waals surface area contributed by atoms with Crippen molar-refractivity contribution in [3.05, 3.63) is 46.4 Å². The zero-order valence-corrected chi connectivity index (χ0v) is 11.4. The lowest BCUT2D eigenvalue weighted by atomic mass is 10.2. The van der Waals surface area contributed by atoms with Crippen LogP contribution in [0.2, 0.25) is 0 Å². The number of aromatic nitrogens is 3. The Balaban J connectivity index is 1.93. The number of pyridine rings is 1. The average Bonchev–Trinajstić information content (AvgIpc) is 2.94. The summed E-state index contributed by atoms with van der Waals surface area (Å²) in [5.74, 6) is -0.814. The number of rotatable bonds is 5. The van der Waals surface area contributed by atoms with Gasteiger partial charge >= 0.3 is 11.9 Å². The van der Waals surface area contributed by atoms with Gasteiger partial charge in [-0.05, 0) is 12.1 Å². The number of hydrogen-bond acceptors (Lipinski definition) is 5. The molecule has 2 aromatic heterocycles. The van der Waals surface area contributed by atoms with Crippen molar-refractivity contribution >= 4 is 17.4 Å². The molecule has 0 spiro atoms. The Bertz CT molecular complexity index is 729. The first-order valence-corrected chi connectivity index (χ1v) is 6.25. The Kier molecular flexibility index (Phi) is 4.57. The summed E-state index contributed by atoms with van der Waals surface area (Å²) in [5, 5.41) is 16.4. The maximum Gasteiger partial charge on any atom is 0.416 e. The molecule has 1 amide bonds. The second kappa shape index (κ2) is 6.42.